The van der Waals surface area contributed by atoms with Crippen LogP contribution in [0.3, 0.4) is 0 Å². The van der Waals surface area contributed by atoms with Crippen molar-refractivity contribution in [2.75, 3.05) is 18.4 Å². The molecule has 0 bridgehead atoms. The van der Waals surface area contributed by atoms with E-state index in [4.69, 9.17) is 0 Å². The lowest BCUT2D eigenvalue weighted by molar-refractivity contribution is -0.121. The lowest BCUT2D eigenvalue weighted by Crippen LogP contribution is -2.41. The smallest absolute Gasteiger partial charge is 0.255 e. The molecule has 2 aromatic rings. The minimum atomic E-state index is -0.0650. The van der Waals surface area contributed by atoms with E-state index in [0.29, 0.717) is 37.0 Å². The maximum absolute atomic E-state index is 12.9. The van der Waals surface area contributed by atoms with Crippen molar-refractivity contribution < 1.29 is 9.59 Å². The first-order valence-corrected chi connectivity index (χ1v) is 9.55. The lowest BCUT2D eigenvalue weighted by atomic mass is 9.95. The average Bonchev–Trinajstić information content (AvgIpc) is 3.38. The van der Waals surface area contributed by atoms with Gasteiger partial charge in [-0.15, -0.1) is 11.3 Å². The summed E-state index contributed by atoms with van der Waals surface area (Å²) >= 11 is 1.41. The van der Waals surface area contributed by atoms with Crippen molar-refractivity contribution in [2.24, 2.45) is 5.92 Å². The van der Waals surface area contributed by atoms with Crippen LogP contribution in [0, 0.1) is 5.92 Å². The molecule has 7 heteroatoms. The van der Waals surface area contributed by atoms with Crippen LogP contribution in [0.5, 0.6) is 0 Å². The van der Waals surface area contributed by atoms with Crippen molar-refractivity contribution in [1.82, 2.24) is 14.9 Å². The zero-order valence-corrected chi connectivity index (χ0v) is 14.7. The Morgan fingerprint density at radius 2 is 1.92 bits per heavy atom. The number of aromatic nitrogens is 2. The van der Waals surface area contributed by atoms with Crippen LogP contribution in [0.15, 0.2) is 29.9 Å². The summed E-state index contributed by atoms with van der Waals surface area (Å²) in [6.07, 6.45) is 7.04. The number of amides is 2. The molecule has 4 rings (SSSR count). The molecule has 3 heterocycles. The Labute approximate surface area is 150 Å². The highest BCUT2D eigenvalue weighted by Gasteiger charge is 2.33. The van der Waals surface area contributed by atoms with E-state index < -0.39 is 0 Å². The number of piperidine rings is 1. The summed E-state index contributed by atoms with van der Waals surface area (Å²) in [5, 5.41) is 5.32. The van der Waals surface area contributed by atoms with Crippen molar-refractivity contribution in [2.45, 2.75) is 31.6 Å². The second-order valence-corrected chi connectivity index (χ2v) is 7.50. The van der Waals surface area contributed by atoms with Crippen LogP contribution in [0.1, 0.15) is 47.7 Å². The number of anilines is 1. The second kappa shape index (κ2) is 6.92. The first-order valence-electron chi connectivity index (χ1n) is 8.67. The first kappa shape index (κ1) is 16.2. The van der Waals surface area contributed by atoms with Gasteiger partial charge in [-0.3, -0.25) is 14.6 Å². The molecule has 0 spiro atoms. The van der Waals surface area contributed by atoms with Crippen LogP contribution in [0.2, 0.25) is 0 Å². The predicted octanol–water partition coefficient (Wildman–Crippen LogP) is 2.91. The Morgan fingerprint density at radius 3 is 2.60 bits per heavy atom. The Morgan fingerprint density at radius 1 is 1.12 bits per heavy atom. The molecule has 1 saturated carbocycles. The monoisotopic (exact) mass is 356 g/mol. The van der Waals surface area contributed by atoms with E-state index >= 15 is 0 Å². The molecule has 25 heavy (non-hydrogen) atoms. The van der Waals surface area contributed by atoms with Gasteiger partial charge in [-0.25, -0.2) is 4.98 Å². The van der Waals surface area contributed by atoms with Gasteiger partial charge in [0.1, 0.15) is 0 Å². The molecule has 1 aliphatic heterocycles. The van der Waals surface area contributed by atoms with Crippen LogP contribution in [0.25, 0.3) is 0 Å². The van der Waals surface area contributed by atoms with Gasteiger partial charge < -0.3 is 10.2 Å². The van der Waals surface area contributed by atoms with Gasteiger partial charge in [0, 0.05) is 42.7 Å². The Kier molecular flexibility index (Phi) is 4.48. The fourth-order valence-electron chi connectivity index (χ4n) is 3.29. The van der Waals surface area contributed by atoms with Crippen LogP contribution < -0.4 is 5.32 Å². The molecular weight excluding hydrogens is 336 g/mol. The summed E-state index contributed by atoms with van der Waals surface area (Å²) in [5.74, 6) is 0.433. The maximum Gasteiger partial charge on any atom is 0.255 e. The van der Waals surface area contributed by atoms with E-state index in [-0.39, 0.29) is 17.7 Å². The molecule has 2 amide bonds. The minimum absolute atomic E-state index is 0.00194. The molecule has 0 radical (unpaired) electrons. The fraction of sp³-hybridized carbons (Fsp3) is 0.444. The van der Waals surface area contributed by atoms with Crippen molar-refractivity contribution >= 4 is 28.3 Å². The zero-order chi connectivity index (χ0) is 17.2. The summed E-state index contributed by atoms with van der Waals surface area (Å²) in [4.78, 5) is 35.5. The third kappa shape index (κ3) is 3.56. The molecule has 2 fully saturated rings. The molecule has 1 aliphatic carbocycles. The van der Waals surface area contributed by atoms with Gasteiger partial charge in [0.25, 0.3) is 5.91 Å². The number of likely N-dealkylation sites (tertiary alicyclic amines) is 1. The van der Waals surface area contributed by atoms with Crippen molar-refractivity contribution in [3.8, 4) is 0 Å². The first-order chi connectivity index (χ1) is 12.2. The van der Waals surface area contributed by atoms with Gasteiger partial charge in [0.2, 0.25) is 5.91 Å². The topological polar surface area (TPSA) is 75.2 Å². The van der Waals surface area contributed by atoms with Gasteiger partial charge >= 0.3 is 0 Å². The summed E-state index contributed by atoms with van der Waals surface area (Å²) in [5.41, 5.74) is 1.67. The third-order valence-electron chi connectivity index (χ3n) is 4.85. The highest BCUT2D eigenvalue weighted by Crippen LogP contribution is 2.40. The van der Waals surface area contributed by atoms with E-state index in [1.54, 1.807) is 12.4 Å². The van der Waals surface area contributed by atoms with Crippen molar-refractivity contribution in [1.29, 1.82) is 0 Å². The molecule has 1 N–H and O–H groups in total. The van der Waals surface area contributed by atoms with E-state index in [1.807, 2.05) is 22.4 Å². The highest BCUT2D eigenvalue weighted by molar-refractivity contribution is 7.13. The van der Waals surface area contributed by atoms with Gasteiger partial charge in [-0.1, -0.05) is 0 Å². The largest absolute Gasteiger partial charge is 0.339 e. The highest BCUT2D eigenvalue weighted by atomic mass is 32.1. The Hall–Kier alpha value is -2.28. The van der Waals surface area contributed by atoms with E-state index in [0.717, 1.165) is 24.1 Å². The van der Waals surface area contributed by atoms with Crippen LogP contribution in [-0.4, -0.2) is 39.8 Å². The number of thiazole rings is 1. The summed E-state index contributed by atoms with van der Waals surface area (Å²) < 4.78 is 0. The van der Waals surface area contributed by atoms with Crippen LogP contribution in [0.4, 0.5) is 5.13 Å². The lowest BCUT2D eigenvalue weighted by Gasteiger charge is -2.31. The molecular formula is C18H20N4O2S. The molecule has 0 atom stereocenters. The normalized spacial score (nSPS) is 18.2. The van der Waals surface area contributed by atoms with E-state index in [9.17, 15) is 9.59 Å². The SMILES string of the molecule is O=C(Nc1nccs1)C1CCN(C(=O)c2cccnc2C2CC2)CC1. The van der Waals surface area contributed by atoms with Gasteiger partial charge in [-0.05, 0) is 37.8 Å². The summed E-state index contributed by atoms with van der Waals surface area (Å²) in [7, 11) is 0. The number of carbonyl (C=O) groups excluding carboxylic acids is 2. The standard InChI is InChI=1S/C18H20N4O2S/c23-16(21-18-20-8-11-25-18)13-5-9-22(10-6-13)17(24)14-2-1-7-19-15(14)12-3-4-12/h1-2,7-8,11-13H,3-6,9-10H2,(H,20,21,23). The van der Waals surface area contributed by atoms with Gasteiger partial charge in [-0.2, -0.15) is 0 Å². The number of nitrogens with one attached hydrogen (secondary N) is 1. The Balaban J connectivity index is 1.37. The van der Waals surface area contributed by atoms with Gasteiger partial charge in [0.15, 0.2) is 5.13 Å². The summed E-state index contributed by atoms with van der Waals surface area (Å²) in [6.45, 7) is 1.21. The van der Waals surface area contributed by atoms with Crippen molar-refractivity contribution in [3.63, 3.8) is 0 Å². The number of rotatable bonds is 4. The molecule has 1 saturated heterocycles. The zero-order valence-electron chi connectivity index (χ0n) is 13.9. The number of nitrogens with zero attached hydrogens (tertiary/aromatic N) is 3. The van der Waals surface area contributed by atoms with Crippen molar-refractivity contribution in [3.05, 3.63) is 41.2 Å². The quantitative estimate of drug-likeness (QED) is 0.914. The molecule has 2 aliphatic rings. The minimum Gasteiger partial charge on any atom is -0.339 e. The third-order valence-corrected chi connectivity index (χ3v) is 5.54. The maximum atomic E-state index is 12.9. The second-order valence-electron chi connectivity index (χ2n) is 6.60. The number of hydrogen-bond acceptors (Lipinski definition) is 5. The van der Waals surface area contributed by atoms with Crippen LogP contribution >= 0.6 is 11.3 Å². The number of hydrogen-bond donors (Lipinski definition) is 1. The summed E-state index contributed by atoms with van der Waals surface area (Å²) in [6, 6.07) is 3.71. The Bertz CT molecular complexity index is 765. The van der Waals surface area contributed by atoms with Gasteiger partial charge in [0.05, 0.1) is 11.3 Å². The fourth-order valence-corrected chi connectivity index (χ4v) is 3.82. The molecule has 2 aromatic heterocycles. The molecule has 0 unspecified atom stereocenters. The molecule has 130 valence electrons. The molecule has 6 nitrogen and oxygen atoms in total. The molecule has 0 aromatic carbocycles. The average molecular weight is 356 g/mol. The van der Waals surface area contributed by atoms with E-state index in [1.165, 1.54) is 11.3 Å². The predicted molar refractivity (Wildman–Crippen MR) is 95.6 cm³/mol. The number of carbonyl (C=O) groups is 2. The number of pyridine rings is 1. The van der Waals surface area contributed by atoms with E-state index in [2.05, 4.69) is 15.3 Å². The van der Waals surface area contributed by atoms with Crippen LogP contribution in [-0.2, 0) is 4.79 Å².